The number of para-hydroxylation sites is 8. The molecule has 5 nitrogen and oxygen atoms in total. The first-order chi connectivity index (χ1) is 17.4. The van der Waals surface area contributed by atoms with E-state index in [1.54, 1.807) is 0 Å². The molecule has 9 rings (SSSR count). The minimum Gasteiger partial charge on any atom is -0.453 e. The van der Waals surface area contributed by atoms with Gasteiger partial charge in [0, 0.05) is 6.07 Å². The van der Waals surface area contributed by atoms with Crippen molar-refractivity contribution in [1.82, 2.24) is 13.2 Å². The van der Waals surface area contributed by atoms with Crippen LogP contribution in [0.15, 0.2) is 112 Å². The van der Waals surface area contributed by atoms with Crippen LogP contribution in [0.3, 0.4) is 0 Å². The molecule has 0 atom stereocenters. The first-order valence-electron chi connectivity index (χ1n) is 11.7. The highest BCUT2D eigenvalue weighted by Gasteiger charge is 2.23. The van der Waals surface area contributed by atoms with Crippen molar-refractivity contribution in [3.05, 3.63) is 103 Å². The molecule has 0 aliphatic carbocycles. The van der Waals surface area contributed by atoms with Gasteiger partial charge >= 0.3 is 0 Å². The van der Waals surface area contributed by atoms with E-state index in [0.29, 0.717) is 0 Å². The van der Waals surface area contributed by atoms with Crippen LogP contribution in [-0.4, -0.2) is 13.2 Å². The summed E-state index contributed by atoms with van der Waals surface area (Å²) >= 11 is 0. The number of hydrogen-bond donors (Lipinski definition) is 0. The number of benzene rings is 5. The zero-order valence-electron chi connectivity index (χ0n) is 18.5. The topological polar surface area (TPSA) is 39.5 Å². The maximum absolute atomic E-state index is 6.52. The van der Waals surface area contributed by atoms with Gasteiger partial charge in [0.25, 0.3) is 0 Å². The third kappa shape index (κ3) is 2.01. The summed E-state index contributed by atoms with van der Waals surface area (Å²) in [6.45, 7) is 0. The summed E-state index contributed by atoms with van der Waals surface area (Å²) < 4.78 is 20.1. The van der Waals surface area contributed by atoms with Crippen molar-refractivity contribution < 1.29 is 8.83 Å². The minimum absolute atomic E-state index is 0.788. The molecule has 0 amide bonds. The van der Waals surface area contributed by atoms with Gasteiger partial charge in [0.2, 0.25) is 0 Å². The molecule has 4 heterocycles. The largest absolute Gasteiger partial charge is 0.453 e. The summed E-state index contributed by atoms with van der Waals surface area (Å²) in [5.41, 5.74) is 12.9. The molecular formula is C30H17N3O2. The van der Waals surface area contributed by atoms with Crippen LogP contribution in [0.25, 0.3) is 72.0 Å². The van der Waals surface area contributed by atoms with Gasteiger partial charge in [0.1, 0.15) is 16.6 Å². The van der Waals surface area contributed by atoms with Crippen LogP contribution in [0.5, 0.6) is 0 Å². The third-order valence-corrected chi connectivity index (χ3v) is 7.23. The molecule has 9 aromatic rings. The Hall–Kier alpha value is -4.90. The Labute approximate surface area is 197 Å². The van der Waals surface area contributed by atoms with Gasteiger partial charge in [0.15, 0.2) is 22.3 Å². The van der Waals surface area contributed by atoms with Crippen molar-refractivity contribution in [3.8, 4) is 0 Å². The number of hydrogen-bond acceptors (Lipinski definition) is 2. The highest BCUT2D eigenvalue weighted by Crippen LogP contribution is 2.40. The van der Waals surface area contributed by atoms with Gasteiger partial charge in [-0.15, -0.1) is 0 Å². The van der Waals surface area contributed by atoms with Gasteiger partial charge in [-0.05, 0) is 48.5 Å². The van der Waals surface area contributed by atoms with E-state index < -0.39 is 0 Å². The molecule has 5 heteroatoms. The van der Waals surface area contributed by atoms with Gasteiger partial charge < -0.3 is 13.2 Å². The number of rotatable bonds is 0. The van der Waals surface area contributed by atoms with Crippen molar-refractivity contribution >= 4 is 72.0 Å². The lowest BCUT2D eigenvalue weighted by molar-refractivity contribution is 0.641. The minimum atomic E-state index is 0.788. The average Bonchev–Trinajstić information content (AvgIpc) is 2.92. The normalized spacial score (nSPS) is 12.6. The number of nitrogens with zero attached hydrogens (tertiary/aromatic N) is 3. The summed E-state index contributed by atoms with van der Waals surface area (Å²) in [6, 6.07) is 35.6. The van der Waals surface area contributed by atoms with Crippen molar-refractivity contribution in [2.24, 2.45) is 0 Å². The Bertz CT molecular complexity index is 2180. The second kappa shape index (κ2) is 5.96. The standard InChI is InChI=1S/C30H17N3O2/c1-3-11-20-18(9-1)31-19-10-2-4-12-21(19)33-23-14-6-8-16-25(23)35-27-17-26-28(30(31)29(27)33)32(20)22-13-5-7-15-24(22)34-26/h1-17H. The highest BCUT2D eigenvalue weighted by atomic mass is 16.3. The van der Waals surface area contributed by atoms with Crippen molar-refractivity contribution in [3.63, 3.8) is 0 Å². The molecule has 0 aliphatic heterocycles. The molecule has 0 unspecified atom stereocenters. The number of aromatic nitrogens is 3. The molecule has 0 aliphatic rings. The Morgan fingerprint density at radius 1 is 0.343 bits per heavy atom. The molecule has 0 radical (unpaired) electrons. The van der Waals surface area contributed by atoms with Gasteiger partial charge in [-0.3, -0.25) is 8.80 Å². The Morgan fingerprint density at radius 2 is 0.686 bits per heavy atom. The predicted octanol–water partition coefficient (Wildman–Crippen LogP) is 7.96. The van der Waals surface area contributed by atoms with Gasteiger partial charge in [-0.1, -0.05) is 48.5 Å². The van der Waals surface area contributed by atoms with Crippen LogP contribution in [0.2, 0.25) is 0 Å². The van der Waals surface area contributed by atoms with Crippen molar-refractivity contribution in [2.45, 2.75) is 0 Å². The Morgan fingerprint density at radius 3 is 1.11 bits per heavy atom. The van der Waals surface area contributed by atoms with E-state index in [1.807, 2.05) is 30.3 Å². The first-order valence-corrected chi connectivity index (χ1v) is 11.7. The third-order valence-electron chi connectivity index (χ3n) is 7.23. The summed E-state index contributed by atoms with van der Waals surface area (Å²) in [7, 11) is 0. The molecule has 35 heavy (non-hydrogen) atoms. The second-order valence-corrected chi connectivity index (χ2v) is 9.04. The van der Waals surface area contributed by atoms with E-state index in [9.17, 15) is 0 Å². The summed E-state index contributed by atoms with van der Waals surface area (Å²) in [6.07, 6.45) is 0. The molecule has 0 N–H and O–H groups in total. The van der Waals surface area contributed by atoms with Crippen molar-refractivity contribution in [1.29, 1.82) is 0 Å². The van der Waals surface area contributed by atoms with E-state index in [4.69, 9.17) is 8.83 Å². The fourth-order valence-corrected chi connectivity index (χ4v) is 5.89. The highest BCUT2D eigenvalue weighted by molar-refractivity contribution is 6.16. The molecule has 0 saturated carbocycles. The van der Waals surface area contributed by atoms with E-state index in [2.05, 4.69) is 86.0 Å². The molecule has 0 saturated heterocycles. The fourth-order valence-electron chi connectivity index (χ4n) is 5.89. The van der Waals surface area contributed by atoms with Crippen LogP contribution >= 0.6 is 0 Å². The molecule has 164 valence electrons. The Balaban J connectivity index is 1.80. The van der Waals surface area contributed by atoms with Gasteiger partial charge in [0.05, 0.1) is 33.1 Å². The quantitative estimate of drug-likeness (QED) is 0.173. The van der Waals surface area contributed by atoms with Crippen molar-refractivity contribution in [2.75, 3.05) is 0 Å². The first kappa shape index (κ1) is 17.6. The Kier molecular flexibility index (Phi) is 2.99. The maximum atomic E-state index is 6.52. The lowest BCUT2D eigenvalue weighted by Crippen LogP contribution is -2.08. The molecule has 5 aromatic carbocycles. The van der Waals surface area contributed by atoms with E-state index >= 15 is 0 Å². The zero-order valence-corrected chi connectivity index (χ0v) is 18.5. The van der Waals surface area contributed by atoms with Crippen LogP contribution in [0.1, 0.15) is 0 Å². The molecular weight excluding hydrogens is 434 g/mol. The van der Waals surface area contributed by atoms with E-state index in [1.165, 1.54) is 0 Å². The molecule has 4 aromatic heterocycles. The summed E-state index contributed by atoms with van der Waals surface area (Å²) in [5, 5.41) is 0. The maximum Gasteiger partial charge on any atom is 0.157 e. The predicted molar refractivity (Wildman–Crippen MR) is 140 cm³/mol. The van der Waals surface area contributed by atoms with E-state index in [-0.39, 0.29) is 0 Å². The van der Waals surface area contributed by atoms with Crippen LogP contribution in [-0.2, 0) is 0 Å². The number of fused-ring (bicyclic) bond motifs is 10. The van der Waals surface area contributed by atoms with Crippen LogP contribution in [0, 0.1) is 0 Å². The molecule has 0 spiro atoms. The lowest BCUT2D eigenvalue weighted by Gasteiger charge is -2.23. The monoisotopic (exact) mass is 451 g/mol. The second-order valence-electron chi connectivity index (χ2n) is 9.04. The SMILES string of the molecule is c1ccc2c(c1)oc1cc3oc4ccccc4n4c5ccccc5n5c6ccccc6n2c1c5c34. The smallest absolute Gasteiger partial charge is 0.157 e. The van der Waals surface area contributed by atoms with Gasteiger partial charge in [-0.25, -0.2) is 0 Å². The zero-order chi connectivity index (χ0) is 22.7. The summed E-state index contributed by atoms with van der Waals surface area (Å²) in [4.78, 5) is 0. The summed E-state index contributed by atoms with van der Waals surface area (Å²) in [5.74, 6) is 0. The molecule has 0 fully saturated rings. The average molecular weight is 451 g/mol. The molecule has 0 bridgehead atoms. The lowest BCUT2D eigenvalue weighted by atomic mass is 10.1. The van der Waals surface area contributed by atoms with E-state index in [0.717, 1.165) is 72.0 Å². The van der Waals surface area contributed by atoms with Crippen LogP contribution in [0.4, 0.5) is 0 Å². The van der Waals surface area contributed by atoms with Crippen LogP contribution < -0.4 is 0 Å². The fraction of sp³-hybridized carbons (Fsp3) is 0. The van der Waals surface area contributed by atoms with Gasteiger partial charge in [-0.2, -0.15) is 0 Å².